The molecule has 2 rings (SSSR count). The van der Waals surface area contributed by atoms with Crippen LogP contribution in [0.15, 0.2) is 12.2 Å². The zero-order valence-electron chi connectivity index (χ0n) is 13.9. The highest BCUT2D eigenvalue weighted by atomic mass is 16.6. The molecule has 1 aliphatic heterocycles. The van der Waals surface area contributed by atoms with Crippen LogP contribution < -0.4 is 5.32 Å². The maximum Gasteiger partial charge on any atom is 0.407 e. The van der Waals surface area contributed by atoms with Gasteiger partial charge >= 0.3 is 6.09 Å². The van der Waals surface area contributed by atoms with E-state index in [1.807, 2.05) is 25.7 Å². The molecule has 1 N–H and O–H groups in total. The monoisotopic (exact) mass is 308 g/mol. The number of allylic oxidation sites excluding steroid dienone is 2. The van der Waals surface area contributed by atoms with E-state index in [2.05, 4.69) is 17.5 Å². The highest BCUT2D eigenvalue weighted by Gasteiger charge is 2.29. The van der Waals surface area contributed by atoms with Crippen molar-refractivity contribution in [1.29, 1.82) is 0 Å². The van der Waals surface area contributed by atoms with Gasteiger partial charge in [-0.15, -0.1) is 0 Å². The Morgan fingerprint density at radius 3 is 2.36 bits per heavy atom. The van der Waals surface area contributed by atoms with Crippen molar-refractivity contribution >= 4 is 12.0 Å². The first-order chi connectivity index (χ1) is 10.3. The number of carbonyl (C=O) groups excluding carboxylic acids is 2. The summed E-state index contributed by atoms with van der Waals surface area (Å²) in [6.45, 7) is 7.00. The molecule has 1 saturated heterocycles. The van der Waals surface area contributed by atoms with Gasteiger partial charge in [0.05, 0.1) is 0 Å². The van der Waals surface area contributed by atoms with Crippen LogP contribution in [0.2, 0.25) is 0 Å². The molecular weight excluding hydrogens is 280 g/mol. The molecule has 5 nitrogen and oxygen atoms in total. The average Bonchev–Trinajstić information content (AvgIpc) is 2.46. The number of carbonyl (C=O) groups is 2. The van der Waals surface area contributed by atoms with E-state index in [-0.39, 0.29) is 24.0 Å². The van der Waals surface area contributed by atoms with Crippen molar-refractivity contribution in [2.45, 2.75) is 64.5 Å². The van der Waals surface area contributed by atoms with Crippen LogP contribution in [0.4, 0.5) is 4.79 Å². The lowest BCUT2D eigenvalue weighted by atomic mass is 9.92. The minimum atomic E-state index is -0.477. The van der Waals surface area contributed by atoms with Gasteiger partial charge in [-0.25, -0.2) is 4.79 Å². The van der Waals surface area contributed by atoms with Crippen molar-refractivity contribution in [3.8, 4) is 0 Å². The number of ether oxygens (including phenoxy) is 1. The van der Waals surface area contributed by atoms with Gasteiger partial charge in [0.2, 0.25) is 5.91 Å². The Morgan fingerprint density at radius 2 is 1.82 bits per heavy atom. The fourth-order valence-corrected chi connectivity index (χ4v) is 2.99. The quantitative estimate of drug-likeness (QED) is 0.798. The second-order valence-corrected chi connectivity index (χ2v) is 7.23. The Labute approximate surface area is 133 Å². The lowest BCUT2D eigenvalue weighted by Crippen LogP contribution is -2.49. The predicted molar refractivity (Wildman–Crippen MR) is 85.5 cm³/mol. The smallest absolute Gasteiger partial charge is 0.407 e. The summed E-state index contributed by atoms with van der Waals surface area (Å²) in [5.74, 6) is 0.431. The van der Waals surface area contributed by atoms with Crippen molar-refractivity contribution in [2.75, 3.05) is 13.1 Å². The number of rotatable bonds is 2. The summed E-state index contributed by atoms with van der Waals surface area (Å²) < 4.78 is 5.27. The molecule has 1 heterocycles. The third-order valence-electron chi connectivity index (χ3n) is 4.15. The maximum atomic E-state index is 12.4. The van der Waals surface area contributed by atoms with E-state index in [4.69, 9.17) is 4.74 Å². The molecule has 1 aliphatic carbocycles. The predicted octanol–water partition coefficient (Wildman–Crippen LogP) is 2.86. The van der Waals surface area contributed by atoms with Gasteiger partial charge in [0, 0.05) is 25.0 Å². The van der Waals surface area contributed by atoms with Gasteiger partial charge in [-0.3, -0.25) is 4.79 Å². The number of alkyl carbamates (subject to hydrolysis) is 1. The maximum absolute atomic E-state index is 12.4. The summed E-state index contributed by atoms with van der Waals surface area (Å²) >= 11 is 0. The van der Waals surface area contributed by atoms with E-state index in [9.17, 15) is 9.59 Å². The van der Waals surface area contributed by atoms with Gasteiger partial charge in [0.1, 0.15) is 5.60 Å². The Balaban J connectivity index is 1.74. The summed E-state index contributed by atoms with van der Waals surface area (Å²) in [6, 6.07) is 0.102. The minimum absolute atomic E-state index is 0.102. The van der Waals surface area contributed by atoms with Crippen molar-refractivity contribution in [3.05, 3.63) is 12.2 Å². The molecular formula is C17H28N2O3. The third-order valence-corrected chi connectivity index (χ3v) is 4.15. The van der Waals surface area contributed by atoms with Crippen LogP contribution >= 0.6 is 0 Å². The fourth-order valence-electron chi connectivity index (χ4n) is 2.99. The molecule has 0 aromatic heterocycles. The normalized spacial score (nSPS) is 23.2. The number of nitrogens with zero attached hydrogens (tertiary/aromatic N) is 1. The first-order valence-electron chi connectivity index (χ1n) is 8.28. The van der Waals surface area contributed by atoms with Crippen molar-refractivity contribution in [1.82, 2.24) is 10.2 Å². The Kier molecular flexibility index (Phi) is 5.48. The van der Waals surface area contributed by atoms with Crippen LogP contribution in [-0.4, -0.2) is 41.6 Å². The van der Waals surface area contributed by atoms with Crippen LogP contribution in [0.3, 0.4) is 0 Å². The van der Waals surface area contributed by atoms with Crippen LogP contribution in [0, 0.1) is 5.92 Å². The number of nitrogens with one attached hydrogen (secondary N) is 1. The molecule has 2 amide bonds. The fraction of sp³-hybridized carbons (Fsp3) is 0.765. The lowest BCUT2D eigenvalue weighted by Gasteiger charge is -2.35. The van der Waals surface area contributed by atoms with Gasteiger partial charge in [0.25, 0.3) is 0 Å². The molecule has 5 heteroatoms. The largest absolute Gasteiger partial charge is 0.444 e. The molecule has 0 aromatic carbocycles. The zero-order chi connectivity index (χ0) is 16.2. The number of hydrogen-bond acceptors (Lipinski definition) is 3. The Morgan fingerprint density at radius 1 is 1.14 bits per heavy atom. The van der Waals surface area contributed by atoms with E-state index < -0.39 is 5.60 Å². The molecule has 0 saturated carbocycles. The number of piperidine rings is 1. The number of likely N-dealkylation sites (tertiary alicyclic amines) is 1. The van der Waals surface area contributed by atoms with Crippen LogP contribution in [-0.2, 0) is 9.53 Å². The van der Waals surface area contributed by atoms with E-state index in [0.29, 0.717) is 0 Å². The minimum Gasteiger partial charge on any atom is -0.444 e. The van der Waals surface area contributed by atoms with Gasteiger partial charge < -0.3 is 15.0 Å². The molecule has 22 heavy (non-hydrogen) atoms. The molecule has 2 aliphatic rings. The first-order valence-corrected chi connectivity index (χ1v) is 8.28. The Bertz CT molecular complexity index is 432. The molecule has 1 atom stereocenters. The topological polar surface area (TPSA) is 58.6 Å². The van der Waals surface area contributed by atoms with Gasteiger partial charge in [-0.1, -0.05) is 12.2 Å². The second-order valence-electron chi connectivity index (χ2n) is 7.23. The van der Waals surface area contributed by atoms with Crippen molar-refractivity contribution < 1.29 is 14.3 Å². The lowest BCUT2D eigenvalue weighted by molar-refractivity contribution is -0.136. The summed E-state index contributed by atoms with van der Waals surface area (Å²) in [7, 11) is 0. The van der Waals surface area contributed by atoms with Crippen LogP contribution in [0.25, 0.3) is 0 Å². The van der Waals surface area contributed by atoms with E-state index >= 15 is 0 Å². The molecule has 0 aromatic rings. The highest BCUT2D eigenvalue weighted by molar-refractivity contribution is 5.79. The average molecular weight is 308 g/mol. The van der Waals surface area contributed by atoms with E-state index in [1.54, 1.807) is 0 Å². The van der Waals surface area contributed by atoms with Crippen LogP contribution in [0.1, 0.15) is 52.9 Å². The number of hydrogen-bond donors (Lipinski definition) is 1. The van der Waals surface area contributed by atoms with Gasteiger partial charge in [-0.2, -0.15) is 0 Å². The molecule has 0 unspecified atom stereocenters. The molecule has 0 spiro atoms. The zero-order valence-corrected chi connectivity index (χ0v) is 13.9. The second kappa shape index (κ2) is 7.16. The number of amides is 2. The van der Waals surface area contributed by atoms with E-state index in [1.165, 1.54) is 0 Å². The SMILES string of the molecule is CC(C)(C)OC(=O)NC1CCN(C(=O)[C@@H]2CC=CCC2)CC1. The van der Waals surface area contributed by atoms with Gasteiger partial charge in [0.15, 0.2) is 0 Å². The summed E-state index contributed by atoms with van der Waals surface area (Å²) in [6.07, 6.45) is 8.34. The summed E-state index contributed by atoms with van der Waals surface area (Å²) in [5.41, 5.74) is -0.477. The van der Waals surface area contributed by atoms with Crippen molar-refractivity contribution in [3.63, 3.8) is 0 Å². The van der Waals surface area contributed by atoms with E-state index in [0.717, 1.165) is 45.2 Å². The molecule has 0 bridgehead atoms. The summed E-state index contributed by atoms with van der Waals surface area (Å²) in [4.78, 5) is 26.2. The van der Waals surface area contributed by atoms with Crippen LogP contribution in [0.5, 0.6) is 0 Å². The molecule has 124 valence electrons. The highest BCUT2D eigenvalue weighted by Crippen LogP contribution is 2.22. The summed E-state index contributed by atoms with van der Waals surface area (Å²) in [5, 5.41) is 2.90. The first kappa shape index (κ1) is 16.8. The Hall–Kier alpha value is -1.52. The van der Waals surface area contributed by atoms with Crippen molar-refractivity contribution in [2.24, 2.45) is 5.92 Å². The standard InChI is InChI=1S/C17H28N2O3/c1-17(2,3)22-16(21)18-14-9-11-19(12-10-14)15(20)13-7-5-4-6-8-13/h4-5,13-14H,6-12H2,1-3H3,(H,18,21)/t13-/m1/s1. The third kappa shape index (κ3) is 5.04. The molecule has 0 radical (unpaired) electrons. The molecule has 1 fully saturated rings. The van der Waals surface area contributed by atoms with Gasteiger partial charge in [-0.05, 0) is 52.9 Å².